The Labute approximate surface area is 271 Å². The van der Waals surface area contributed by atoms with Gasteiger partial charge in [-0.2, -0.15) is 4.99 Å². The Balaban J connectivity index is 1.21. The van der Waals surface area contributed by atoms with E-state index >= 15 is 0 Å². The zero-order chi connectivity index (χ0) is 32.8. The lowest BCUT2D eigenvalue weighted by Gasteiger charge is -2.37. The number of ether oxygens (including phenoxy) is 1. The zero-order valence-corrected chi connectivity index (χ0v) is 27.0. The molecule has 8 nitrogen and oxygen atoms in total. The number of hydrogen-bond acceptors (Lipinski definition) is 5. The number of thioether (sulfide) groups is 1. The van der Waals surface area contributed by atoms with Gasteiger partial charge in [0.1, 0.15) is 12.1 Å². The Bertz CT molecular complexity index is 1670. The summed E-state index contributed by atoms with van der Waals surface area (Å²) in [7, 11) is 0. The first kappa shape index (κ1) is 33.1. The van der Waals surface area contributed by atoms with E-state index in [1.807, 2.05) is 31.2 Å². The normalized spacial score (nSPS) is 16.8. The van der Waals surface area contributed by atoms with Crippen molar-refractivity contribution in [3.8, 4) is 22.8 Å². The van der Waals surface area contributed by atoms with E-state index in [0.717, 1.165) is 47.0 Å². The number of aliphatic imine (C=N–C) groups is 1. The zero-order valence-electron chi connectivity index (χ0n) is 26.2. The van der Waals surface area contributed by atoms with Crippen LogP contribution in [0.2, 0.25) is 0 Å². The number of carbonyl (C=O) groups excluding carboxylic acids is 1. The molecule has 2 amide bonds. The number of anilines is 1. The number of amides is 2. The number of carbonyl (C=O) groups is 1. The highest BCUT2D eigenvalue weighted by Crippen LogP contribution is 2.33. The molecular formula is C34H37F3N6O2S. The van der Waals surface area contributed by atoms with Crippen LogP contribution in [-0.4, -0.2) is 50.7 Å². The van der Waals surface area contributed by atoms with Crippen molar-refractivity contribution in [2.45, 2.75) is 65.3 Å². The highest BCUT2D eigenvalue weighted by atomic mass is 32.2. The maximum atomic E-state index is 13.0. The number of benzene rings is 3. The first-order valence-electron chi connectivity index (χ1n) is 15.3. The number of halogens is 3. The van der Waals surface area contributed by atoms with Gasteiger partial charge < -0.3 is 15.0 Å². The second-order valence-electron chi connectivity index (χ2n) is 11.4. The van der Waals surface area contributed by atoms with Crippen LogP contribution < -0.4 is 15.0 Å². The quantitative estimate of drug-likeness (QED) is 0.196. The molecule has 46 heavy (non-hydrogen) atoms. The molecule has 242 valence electrons. The lowest BCUT2D eigenvalue weighted by atomic mass is 10.00. The fraction of sp³-hybridized carbons (Fsp3) is 0.353. The average Bonchev–Trinajstić information content (AvgIpc) is 3.51. The number of aryl methyl sites for hydroxylation is 2. The number of hydrogen-bond donors (Lipinski definition) is 1. The van der Waals surface area contributed by atoms with Crippen LogP contribution >= 0.6 is 11.8 Å². The van der Waals surface area contributed by atoms with E-state index in [0.29, 0.717) is 18.1 Å². The number of amidine groups is 1. The fourth-order valence-electron chi connectivity index (χ4n) is 5.28. The van der Waals surface area contributed by atoms with Gasteiger partial charge in [0, 0.05) is 29.6 Å². The lowest BCUT2D eigenvalue weighted by molar-refractivity contribution is -0.274. The summed E-state index contributed by atoms with van der Waals surface area (Å²) in [5.41, 5.74) is 5.94. The van der Waals surface area contributed by atoms with Gasteiger partial charge in [0.25, 0.3) is 0 Å². The molecule has 0 bridgehead atoms. The minimum Gasteiger partial charge on any atom is -0.406 e. The molecule has 1 aliphatic rings. The SMILES string of the molecule is CCCc1ccc(C)cc1N1C(=NC(=O)NCC(C)c2ccc(-c3ncn(-c4ccc(OC(F)(F)F)cc4)n3)cc2)SCCC1C. The number of urea groups is 1. The van der Waals surface area contributed by atoms with Crippen molar-refractivity contribution < 1.29 is 22.7 Å². The number of nitrogens with one attached hydrogen (secondary N) is 1. The van der Waals surface area contributed by atoms with Crippen LogP contribution in [0, 0.1) is 6.92 Å². The fourth-order valence-corrected chi connectivity index (χ4v) is 6.49. The molecule has 1 aromatic heterocycles. The Kier molecular flexibility index (Phi) is 10.4. The van der Waals surface area contributed by atoms with Gasteiger partial charge in [-0.15, -0.1) is 18.3 Å². The van der Waals surface area contributed by atoms with Gasteiger partial charge >= 0.3 is 12.4 Å². The number of alkyl halides is 3. The van der Waals surface area contributed by atoms with Crippen LogP contribution in [0.25, 0.3) is 17.1 Å². The van der Waals surface area contributed by atoms with E-state index < -0.39 is 6.36 Å². The third kappa shape index (κ3) is 8.28. The summed E-state index contributed by atoms with van der Waals surface area (Å²) < 4.78 is 42.7. The summed E-state index contributed by atoms with van der Waals surface area (Å²) in [5, 5.41) is 8.18. The molecule has 5 rings (SSSR count). The molecule has 0 spiro atoms. The minimum atomic E-state index is -4.75. The van der Waals surface area contributed by atoms with Gasteiger partial charge in [0.15, 0.2) is 11.0 Å². The molecule has 1 aliphatic heterocycles. The first-order valence-corrected chi connectivity index (χ1v) is 16.3. The van der Waals surface area contributed by atoms with Gasteiger partial charge in [-0.05, 0) is 79.6 Å². The molecule has 2 unspecified atom stereocenters. The third-order valence-corrected chi connectivity index (χ3v) is 8.74. The summed E-state index contributed by atoms with van der Waals surface area (Å²) in [6.45, 7) is 8.90. The smallest absolute Gasteiger partial charge is 0.406 e. The average molecular weight is 651 g/mol. The summed E-state index contributed by atoms with van der Waals surface area (Å²) in [5.74, 6) is 1.11. The van der Waals surface area contributed by atoms with E-state index in [1.54, 1.807) is 11.8 Å². The van der Waals surface area contributed by atoms with Crippen LogP contribution in [0.1, 0.15) is 56.2 Å². The highest BCUT2D eigenvalue weighted by molar-refractivity contribution is 8.14. The second kappa shape index (κ2) is 14.4. The molecule has 1 fully saturated rings. The molecule has 0 saturated carbocycles. The van der Waals surface area contributed by atoms with Crippen molar-refractivity contribution in [1.29, 1.82) is 0 Å². The van der Waals surface area contributed by atoms with Crippen molar-refractivity contribution in [2.24, 2.45) is 4.99 Å². The van der Waals surface area contributed by atoms with E-state index in [9.17, 15) is 18.0 Å². The van der Waals surface area contributed by atoms with Crippen molar-refractivity contribution in [2.75, 3.05) is 17.2 Å². The third-order valence-electron chi connectivity index (χ3n) is 7.75. The van der Waals surface area contributed by atoms with E-state index in [2.05, 4.69) is 69.0 Å². The highest BCUT2D eigenvalue weighted by Gasteiger charge is 2.31. The minimum absolute atomic E-state index is 0.0307. The second-order valence-corrected chi connectivity index (χ2v) is 12.5. The molecule has 3 aromatic carbocycles. The molecule has 1 saturated heterocycles. The standard InChI is InChI=1S/C34H37F3N6O2S/c1-5-6-26-8-7-22(2)19-30(26)43-24(4)17-18-46-33(43)40-32(44)38-20-23(3)25-9-11-27(12-10-25)31-39-21-42(41-31)28-13-15-29(16-14-28)45-34(35,36)37/h7-16,19,21,23-24H,5-6,17-18,20H2,1-4H3,(H,38,44). The molecule has 1 N–H and O–H groups in total. The predicted molar refractivity (Wildman–Crippen MR) is 177 cm³/mol. The van der Waals surface area contributed by atoms with Crippen molar-refractivity contribution in [1.82, 2.24) is 20.1 Å². The van der Waals surface area contributed by atoms with Gasteiger partial charge in [-0.3, -0.25) is 0 Å². The molecule has 2 heterocycles. The molecular weight excluding hydrogens is 613 g/mol. The number of rotatable bonds is 9. The lowest BCUT2D eigenvalue weighted by Crippen LogP contribution is -2.42. The topological polar surface area (TPSA) is 84.6 Å². The summed E-state index contributed by atoms with van der Waals surface area (Å²) in [6, 6.07) is 19.5. The maximum Gasteiger partial charge on any atom is 0.573 e. The predicted octanol–water partition coefficient (Wildman–Crippen LogP) is 8.29. The van der Waals surface area contributed by atoms with Gasteiger partial charge in [-0.25, -0.2) is 14.5 Å². The molecule has 4 aromatic rings. The number of nitrogens with zero attached hydrogens (tertiary/aromatic N) is 5. The molecule has 0 radical (unpaired) electrons. The summed E-state index contributed by atoms with van der Waals surface area (Å²) >= 11 is 1.62. The summed E-state index contributed by atoms with van der Waals surface area (Å²) in [4.78, 5) is 24.1. The van der Waals surface area contributed by atoms with E-state index in [4.69, 9.17) is 0 Å². The Hall–Kier alpha value is -4.32. The summed E-state index contributed by atoms with van der Waals surface area (Å²) in [6.07, 6.45) is -0.227. The van der Waals surface area contributed by atoms with Crippen molar-refractivity contribution in [3.05, 3.63) is 89.7 Å². The Morgan fingerprint density at radius 3 is 2.57 bits per heavy atom. The van der Waals surface area contributed by atoms with Gasteiger partial charge in [0.05, 0.1) is 5.69 Å². The van der Waals surface area contributed by atoms with Crippen LogP contribution in [0.5, 0.6) is 5.75 Å². The van der Waals surface area contributed by atoms with Crippen molar-refractivity contribution in [3.63, 3.8) is 0 Å². The van der Waals surface area contributed by atoms with Gasteiger partial charge in [-0.1, -0.05) is 68.4 Å². The van der Waals surface area contributed by atoms with Crippen molar-refractivity contribution >= 4 is 28.6 Å². The molecule has 0 aliphatic carbocycles. The number of aromatic nitrogens is 3. The van der Waals surface area contributed by atoms with Crippen LogP contribution in [-0.2, 0) is 6.42 Å². The van der Waals surface area contributed by atoms with Crippen LogP contribution in [0.15, 0.2) is 78.0 Å². The van der Waals surface area contributed by atoms with E-state index in [1.165, 1.54) is 46.4 Å². The Morgan fingerprint density at radius 1 is 1.13 bits per heavy atom. The molecule has 2 atom stereocenters. The first-order chi connectivity index (χ1) is 22.0. The monoisotopic (exact) mass is 650 g/mol. The van der Waals surface area contributed by atoms with Crippen LogP contribution in [0.3, 0.4) is 0 Å². The maximum absolute atomic E-state index is 13.0. The molecule has 12 heteroatoms. The Morgan fingerprint density at radius 2 is 1.87 bits per heavy atom. The van der Waals surface area contributed by atoms with Crippen LogP contribution in [0.4, 0.5) is 23.7 Å². The van der Waals surface area contributed by atoms with Gasteiger partial charge in [0.2, 0.25) is 0 Å². The largest absolute Gasteiger partial charge is 0.573 e. The van der Waals surface area contributed by atoms with E-state index in [-0.39, 0.29) is 23.7 Å².